The van der Waals surface area contributed by atoms with Gasteiger partial charge in [0.15, 0.2) is 5.78 Å². The minimum atomic E-state index is 0.277. The minimum Gasteiger partial charge on any atom is -0.293 e. The third-order valence-electron chi connectivity index (χ3n) is 2.99. The monoisotopic (exact) mass is 353 g/mol. The van der Waals surface area contributed by atoms with E-state index in [0.29, 0.717) is 6.42 Å². The van der Waals surface area contributed by atoms with Crippen molar-refractivity contribution in [2.24, 2.45) is 0 Å². The number of halogens is 1. The zero-order valence-electron chi connectivity index (χ0n) is 10.2. The molecular weight excluding hydrogens is 342 g/mol. The molecule has 98 valence electrons. The standard InChI is InChI=1S/C14H12BrNOS2/c15-9-4-6-10(7-5-9)18-8-13-16-11-2-1-3-12(17)14(11)19-13/h4-7H,1-3,8H2. The molecule has 1 heterocycles. The van der Waals surface area contributed by atoms with Crippen LogP contribution in [-0.4, -0.2) is 10.8 Å². The lowest BCUT2D eigenvalue weighted by atomic mass is 10.0. The van der Waals surface area contributed by atoms with Gasteiger partial charge in [-0.15, -0.1) is 23.1 Å². The zero-order chi connectivity index (χ0) is 13.2. The van der Waals surface area contributed by atoms with E-state index in [-0.39, 0.29) is 5.78 Å². The summed E-state index contributed by atoms with van der Waals surface area (Å²) < 4.78 is 1.09. The number of thioether (sulfide) groups is 1. The van der Waals surface area contributed by atoms with Crippen LogP contribution in [0.1, 0.15) is 33.2 Å². The largest absolute Gasteiger partial charge is 0.293 e. The van der Waals surface area contributed by atoms with Gasteiger partial charge < -0.3 is 0 Å². The average Bonchev–Trinajstić information content (AvgIpc) is 2.83. The fraction of sp³-hybridized carbons (Fsp3) is 0.286. The number of nitrogens with zero attached hydrogens (tertiary/aromatic N) is 1. The number of benzene rings is 1. The molecule has 2 aromatic rings. The van der Waals surface area contributed by atoms with Crippen molar-refractivity contribution in [2.75, 3.05) is 0 Å². The molecule has 0 fully saturated rings. The van der Waals surface area contributed by atoms with Gasteiger partial charge in [0.2, 0.25) is 0 Å². The first kappa shape index (κ1) is 13.3. The summed E-state index contributed by atoms with van der Waals surface area (Å²) in [4.78, 5) is 18.5. The van der Waals surface area contributed by atoms with Crippen LogP contribution < -0.4 is 0 Å². The summed E-state index contributed by atoms with van der Waals surface area (Å²) in [5.41, 5.74) is 1.02. The highest BCUT2D eigenvalue weighted by Crippen LogP contribution is 2.31. The molecule has 19 heavy (non-hydrogen) atoms. The van der Waals surface area contributed by atoms with Gasteiger partial charge in [0.1, 0.15) is 5.01 Å². The summed E-state index contributed by atoms with van der Waals surface area (Å²) in [5, 5.41) is 1.06. The van der Waals surface area contributed by atoms with E-state index in [2.05, 4.69) is 33.0 Å². The van der Waals surface area contributed by atoms with Gasteiger partial charge in [0, 0.05) is 15.8 Å². The van der Waals surface area contributed by atoms with E-state index in [0.717, 1.165) is 38.6 Å². The fourth-order valence-electron chi connectivity index (χ4n) is 2.06. The molecular formula is C14H12BrNOS2. The lowest BCUT2D eigenvalue weighted by Crippen LogP contribution is -2.07. The summed E-state index contributed by atoms with van der Waals surface area (Å²) in [6, 6.07) is 8.26. The molecule has 0 aliphatic heterocycles. The molecule has 5 heteroatoms. The molecule has 1 aromatic carbocycles. The van der Waals surface area contributed by atoms with Crippen molar-refractivity contribution >= 4 is 44.8 Å². The Morgan fingerprint density at radius 2 is 2.05 bits per heavy atom. The summed E-state index contributed by atoms with van der Waals surface area (Å²) in [6.07, 6.45) is 2.60. The first-order chi connectivity index (χ1) is 9.22. The maximum absolute atomic E-state index is 11.8. The molecule has 1 aliphatic carbocycles. The van der Waals surface area contributed by atoms with Crippen molar-refractivity contribution < 1.29 is 4.79 Å². The van der Waals surface area contributed by atoms with E-state index in [1.54, 1.807) is 23.1 Å². The number of rotatable bonds is 3. The molecule has 0 spiro atoms. The van der Waals surface area contributed by atoms with Crippen LogP contribution in [0.3, 0.4) is 0 Å². The van der Waals surface area contributed by atoms with Crippen LogP contribution in [0.4, 0.5) is 0 Å². The molecule has 1 aliphatic rings. The molecule has 0 radical (unpaired) electrons. The maximum atomic E-state index is 11.8. The second-order valence-electron chi connectivity index (χ2n) is 4.40. The molecule has 3 rings (SSSR count). The van der Waals surface area contributed by atoms with E-state index in [4.69, 9.17) is 0 Å². The summed E-state index contributed by atoms with van der Waals surface area (Å²) >= 11 is 6.77. The van der Waals surface area contributed by atoms with Crippen LogP contribution in [0.25, 0.3) is 0 Å². The van der Waals surface area contributed by atoms with Crippen LogP contribution >= 0.6 is 39.0 Å². The number of fused-ring (bicyclic) bond motifs is 1. The normalized spacial score (nSPS) is 14.5. The van der Waals surface area contributed by atoms with E-state index in [1.165, 1.54) is 4.90 Å². The van der Waals surface area contributed by atoms with Gasteiger partial charge in [-0.25, -0.2) is 4.98 Å². The van der Waals surface area contributed by atoms with Crippen LogP contribution in [0, 0.1) is 0 Å². The molecule has 0 saturated heterocycles. The third kappa shape index (κ3) is 3.09. The Kier molecular flexibility index (Phi) is 4.05. The maximum Gasteiger partial charge on any atom is 0.174 e. The number of Topliss-reactive ketones (excluding diaryl/α,β-unsaturated/α-hetero) is 1. The van der Waals surface area contributed by atoms with Crippen LogP contribution in [0.5, 0.6) is 0 Å². The smallest absolute Gasteiger partial charge is 0.174 e. The van der Waals surface area contributed by atoms with E-state index < -0.39 is 0 Å². The summed E-state index contributed by atoms with van der Waals surface area (Å²) in [6.45, 7) is 0. The lowest BCUT2D eigenvalue weighted by Gasteiger charge is -2.06. The van der Waals surface area contributed by atoms with Crippen LogP contribution in [-0.2, 0) is 12.2 Å². The highest BCUT2D eigenvalue weighted by molar-refractivity contribution is 9.10. The molecule has 2 nitrogen and oxygen atoms in total. The minimum absolute atomic E-state index is 0.277. The number of thiazole rings is 1. The third-order valence-corrected chi connectivity index (χ3v) is 5.86. The first-order valence-corrected chi connectivity index (χ1v) is 8.72. The number of hydrogen-bond acceptors (Lipinski definition) is 4. The topological polar surface area (TPSA) is 30.0 Å². The van der Waals surface area contributed by atoms with Gasteiger partial charge in [0.05, 0.1) is 16.3 Å². The number of hydrogen-bond donors (Lipinski definition) is 0. The van der Waals surface area contributed by atoms with Crippen molar-refractivity contribution in [1.29, 1.82) is 0 Å². The van der Waals surface area contributed by atoms with Crippen molar-refractivity contribution in [2.45, 2.75) is 29.9 Å². The lowest BCUT2D eigenvalue weighted by molar-refractivity contribution is 0.0976. The van der Waals surface area contributed by atoms with Gasteiger partial charge in [-0.05, 0) is 37.1 Å². The Balaban J connectivity index is 1.70. The van der Waals surface area contributed by atoms with E-state index in [1.807, 2.05) is 12.1 Å². The summed E-state index contributed by atoms with van der Waals surface area (Å²) in [7, 11) is 0. The molecule has 0 saturated carbocycles. The molecule has 1 aromatic heterocycles. The van der Waals surface area contributed by atoms with Crippen molar-refractivity contribution in [3.05, 3.63) is 44.3 Å². The van der Waals surface area contributed by atoms with Gasteiger partial charge in [-0.2, -0.15) is 0 Å². The summed E-state index contributed by atoms with van der Waals surface area (Å²) in [5.74, 6) is 1.12. The predicted molar refractivity (Wildman–Crippen MR) is 83.1 cm³/mol. The van der Waals surface area contributed by atoms with Crippen LogP contribution in [0.15, 0.2) is 33.6 Å². The molecule has 0 amide bonds. The number of aromatic nitrogens is 1. The Hall–Kier alpha value is -0.650. The molecule has 0 unspecified atom stereocenters. The van der Waals surface area contributed by atoms with E-state index in [9.17, 15) is 4.79 Å². The Morgan fingerprint density at radius 1 is 1.26 bits per heavy atom. The highest BCUT2D eigenvalue weighted by Gasteiger charge is 2.21. The van der Waals surface area contributed by atoms with Crippen molar-refractivity contribution in [3.63, 3.8) is 0 Å². The SMILES string of the molecule is O=C1CCCc2nc(CSc3ccc(Br)cc3)sc21. The number of aryl methyl sites for hydroxylation is 1. The predicted octanol–water partition coefficient (Wildman–Crippen LogP) is 4.72. The zero-order valence-corrected chi connectivity index (χ0v) is 13.4. The number of ketones is 1. The molecule has 0 N–H and O–H groups in total. The Bertz CT molecular complexity index is 606. The van der Waals surface area contributed by atoms with Crippen LogP contribution in [0.2, 0.25) is 0 Å². The van der Waals surface area contributed by atoms with Gasteiger partial charge >= 0.3 is 0 Å². The Morgan fingerprint density at radius 3 is 2.79 bits per heavy atom. The molecule has 0 atom stereocenters. The van der Waals surface area contributed by atoms with Crippen molar-refractivity contribution in [3.8, 4) is 0 Å². The fourth-order valence-corrected chi connectivity index (χ4v) is 4.29. The first-order valence-electron chi connectivity index (χ1n) is 6.12. The number of carbonyl (C=O) groups is 1. The second-order valence-corrected chi connectivity index (χ2v) is 7.45. The average molecular weight is 354 g/mol. The molecule has 0 bridgehead atoms. The number of carbonyl (C=O) groups excluding carboxylic acids is 1. The van der Waals surface area contributed by atoms with Crippen molar-refractivity contribution in [1.82, 2.24) is 4.98 Å². The van der Waals surface area contributed by atoms with Gasteiger partial charge in [-0.1, -0.05) is 15.9 Å². The highest BCUT2D eigenvalue weighted by atomic mass is 79.9. The van der Waals surface area contributed by atoms with E-state index >= 15 is 0 Å². The van der Waals surface area contributed by atoms with Gasteiger partial charge in [-0.3, -0.25) is 4.79 Å². The van der Waals surface area contributed by atoms with Gasteiger partial charge in [0.25, 0.3) is 0 Å². The second kappa shape index (κ2) is 5.77. The Labute approximate surface area is 128 Å². The quantitative estimate of drug-likeness (QED) is 0.748.